The molecule has 0 unspecified atom stereocenters. The summed E-state index contributed by atoms with van der Waals surface area (Å²) in [6.45, 7) is 7.01. The van der Waals surface area contributed by atoms with Crippen LogP contribution in [0, 0.1) is 0 Å². The number of carbonyl (C=O) groups is 2. The van der Waals surface area contributed by atoms with E-state index in [1.54, 1.807) is 11.9 Å². The number of rotatable bonds is 5. The lowest BCUT2D eigenvalue weighted by Crippen LogP contribution is -2.41. The zero-order chi connectivity index (χ0) is 15.4. The highest BCUT2D eigenvalue weighted by molar-refractivity contribution is 5.96. The lowest BCUT2D eigenvalue weighted by molar-refractivity contribution is -0.131. The SMILES string of the molecule is CCN(CC)C(=O)CN(C)C(=O)c1ccc2c(c1)CNC2. The third-order valence-corrected chi connectivity index (χ3v) is 3.92. The molecule has 0 saturated heterocycles. The summed E-state index contributed by atoms with van der Waals surface area (Å²) in [4.78, 5) is 27.7. The van der Waals surface area contributed by atoms with Crippen LogP contribution < -0.4 is 5.32 Å². The van der Waals surface area contributed by atoms with Crippen LogP contribution in [0.3, 0.4) is 0 Å². The van der Waals surface area contributed by atoms with Crippen molar-refractivity contribution in [1.29, 1.82) is 0 Å². The van der Waals surface area contributed by atoms with Gasteiger partial charge in [0.15, 0.2) is 0 Å². The molecule has 1 aromatic rings. The number of carbonyl (C=O) groups excluding carboxylic acids is 2. The molecule has 0 radical (unpaired) electrons. The van der Waals surface area contributed by atoms with Gasteiger partial charge in [-0.3, -0.25) is 9.59 Å². The van der Waals surface area contributed by atoms with Crippen LogP contribution in [0.1, 0.15) is 35.3 Å². The molecule has 0 spiro atoms. The molecule has 2 amide bonds. The zero-order valence-corrected chi connectivity index (χ0v) is 13.0. The van der Waals surface area contributed by atoms with E-state index in [2.05, 4.69) is 5.32 Å². The van der Waals surface area contributed by atoms with E-state index in [0.29, 0.717) is 18.7 Å². The molecular weight excluding hydrogens is 266 g/mol. The van der Waals surface area contributed by atoms with Crippen LogP contribution in [-0.2, 0) is 17.9 Å². The molecule has 1 aliphatic rings. The quantitative estimate of drug-likeness (QED) is 0.887. The fourth-order valence-electron chi connectivity index (χ4n) is 2.60. The van der Waals surface area contributed by atoms with Gasteiger partial charge in [-0.15, -0.1) is 0 Å². The van der Waals surface area contributed by atoms with Crippen molar-refractivity contribution in [3.63, 3.8) is 0 Å². The summed E-state index contributed by atoms with van der Waals surface area (Å²) in [6.07, 6.45) is 0. The van der Waals surface area contributed by atoms with E-state index in [-0.39, 0.29) is 18.4 Å². The maximum absolute atomic E-state index is 12.4. The van der Waals surface area contributed by atoms with Crippen molar-refractivity contribution < 1.29 is 9.59 Å². The van der Waals surface area contributed by atoms with Gasteiger partial charge < -0.3 is 15.1 Å². The summed E-state index contributed by atoms with van der Waals surface area (Å²) in [6, 6.07) is 5.76. The monoisotopic (exact) mass is 289 g/mol. The van der Waals surface area contributed by atoms with Crippen molar-refractivity contribution >= 4 is 11.8 Å². The minimum atomic E-state index is -0.106. The van der Waals surface area contributed by atoms with Crippen LogP contribution in [0.2, 0.25) is 0 Å². The van der Waals surface area contributed by atoms with Crippen LogP contribution in [0.15, 0.2) is 18.2 Å². The predicted molar refractivity (Wildman–Crippen MR) is 81.9 cm³/mol. The molecule has 21 heavy (non-hydrogen) atoms. The highest BCUT2D eigenvalue weighted by Gasteiger charge is 2.19. The Labute approximate surface area is 125 Å². The van der Waals surface area contributed by atoms with Crippen molar-refractivity contribution in [1.82, 2.24) is 15.1 Å². The number of fused-ring (bicyclic) bond motifs is 1. The average molecular weight is 289 g/mol. The molecule has 0 aromatic heterocycles. The standard InChI is InChI=1S/C16H23N3O2/c1-4-19(5-2)15(20)11-18(3)16(21)12-6-7-13-9-17-10-14(13)8-12/h6-8,17H,4-5,9-11H2,1-3H3. The molecule has 0 fully saturated rings. The van der Waals surface area contributed by atoms with Gasteiger partial charge in [0, 0.05) is 38.8 Å². The highest BCUT2D eigenvalue weighted by atomic mass is 16.2. The van der Waals surface area contributed by atoms with Gasteiger partial charge in [0.25, 0.3) is 5.91 Å². The van der Waals surface area contributed by atoms with E-state index in [1.807, 2.05) is 32.0 Å². The van der Waals surface area contributed by atoms with Gasteiger partial charge >= 0.3 is 0 Å². The lowest BCUT2D eigenvalue weighted by atomic mass is 10.1. The number of amides is 2. The minimum Gasteiger partial charge on any atom is -0.342 e. The van der Waals surface area contributed by atoms with Gasteiger partial charge in [0.05, 0.1) is 6.54 Å². The number of hydrogen-bond acceptors (Lipinski definition) is 3. The maximum Gasteiger partial charge on any atom is 0.254 e. The summed E-state index contributed by atoms with van der Waals surface area (Å²) in [5, 5.41) is 3.26. The van der Waals surface area contributed by atoms with Crippen molar-refractivity contribution in [2.75, 3.05) is 26.7 Å². The van der Waals surface area contributed by atoms with Crippen molar-refractivity contribution in [3.05, 3.63) is 34.9 Å². The van der Waals surface area contributed by atoms with E-state index < -0.39 is 0 Å². The molecule has 0 saturated carbocycles. The van der Waals surface area contributed by atoms with E-state index in [9.17, 15) is 9.59 Å². The first kappa shape index (κ1) is 15.5. The highest BCUT2D eigenvalue weighted by Crippen LogP contribution is 2.17. The van der Waals surface area contributed by atoms with Gasteiger partial charge in [-0.2, -0.15) is 0 Å². The second kappa shape index (κ2) is 6.72. The maximum atomic E-state index is 12.4. The topological polar surface area (TPSA) is 52.7 Å². The third-order valence-electron chi connectivity index (χ3n) is 3.92. The molecule has 114 valence electrons. The van der Waals surface area contributed by atoms with Crippen LogP contribution in [0.25, 0.3) is 0 Å². The van der Waals surface area contributed by atoms with Crippen LogP contribution in [0.4, 0.5) is 0 Å². The molecule has 0 aliphatic carbocycles. The third kappa shape index (κ3) is 3.42. The molecule has 1 heterocycles. The van der Waals surface area contributed by atoms with E-state index in [0.717, 1.165) is 13.1 Å². The van der Waals surface area contributed by atoms with Gasteiger partial charge in [0.2, 0.25) is 5.91 Å². The Hall–Kier alpha value is -1.88. The number of nitrogens with zero attached hydrogens (tertiary/aromatic N) is 2. The first-order valence-electron chi connectivity index (χ1n) is 7.42. The Morgan fingerprint density at radius 1 is 1.14 bits per heavy atom. The van der Waals surface area contributed by atoms with Gasteiger partial charge in [-0.25, -0.2) is 0 Å². The van der Waals surface area contributed by atoms with Gasteiger partial charge in [-0.1, -0.05) is 6.07 Å². The number of nitrogens with one attached hydrogen (secondary N) is 1. The molecule has 0 bridgehead atoms. The summed E-state index contributed by atoms with van der Waals surface area (Å²) < 4.78 is 0. The smallest absolute Gasteiger partial charge is 0.254 e. The summed E-state index contributed by atoms with van der Waals surface area (Å²) in [5.41, 5.74) is 3.06. The predicted octanol–water partition coefficient (Wildman–Crippen LogP) is 1.23. The largest absolute Gasteiger partial charge is 0.342 e. The molecule has 1 aliphatic heterocycles. The number of likely N-dealkylation sites (N-methyl/N-ethyl adjacent to an activating group) is 2. The molecule has 5 nitrogen and oxygen atoms in total. The molecule has 2 rings (SSSR count). The second-order valence-electron chi connectivity index (χ2n) is 5.31. The van der Waals surface area contributed by atoms with Crippen LogP contribution in [0.5, 0.6) is 0 Å². The van der Waals surface area contributed by atoms with Crippen LogP contribution in [-0.4, -0.2) is 48.3 Å². The zero-order valence-electron chi connectivity index (χ0n) is 13.0. The normalized spacial score (nSPS) is 12.9. The molecule has 0 atom stereocenters. The Bertz CT molecular complexity index is 538. The number of hydrogen-bond donors (Lipinski definition) is 1. The molecule has 1 aromatic carbocycles. The second-order valence-corrected chi connectivity index (χ2v) is 5.31. The lowest BCUT2D eigenvalue weighted by Gasteiger charge is -2.23. The Balaban J connectivity index is 2.04. The Morgan fingerprint density at radius 2 is 1.81 bits per heavy atom. The summed E-state index contributed by atoms with van der Waals surface area (Å²) >= 11 is 0. The van der Waals surface area contributed by atoms with E-state index >= 15 is 0 Å². The summed E-state index contributed by atoms with van der Waals surface area (Å²) in [5.74, 6) is -0.121. The Kier molecular flexibility index (Phi) is 4.96. The van der Waals surface area contributed by atoms with Gasteiger partial charge in [0.1, 0.15) is 0 Å². The summed E-state index contributed by atoms with van der Waals surface area (Å²) in [7, 11) is 1.68. The Morgan fingerprint density at radius 3 is 2.48 bits per heavy atom. The average Bonchev–Trinajstić information content (AvgIpc) is 2.94. The fraction of sp³-hybridized carbons (Fsp3) is 0.500. The molecular formula is C16H23N3O2. The first-order valence-corrected chi connectivity index (χ1v) is 7.42. The number of benzene rings is 1. The van der Waals surface area contributed by atoms with Crippen molar-refractivity contribution in [3.8, 4) is 0 Å². The van der Waals surface area contributed by atoms with E-state index in [1.165, 1.54) is 16.0 Å². The molecule has 5 heteroatoms. The first-order chi connectivity index (χ1) is 10.1. The molecule has 1 N–H and O–H groups in total. The van der Waals surface area contributed by atoms with Crippen molar-refractivity contribution in [2.24, 2.45) is 0 Å². The fourth-order valence-corrected chi connectivity index (χ4v) is 2.60. The minimum absolute atomic E-state index is 0.0151. The van der Waals surface area contributed by atoms with E-state index in [4.69, 9.17) is 0 Å². The van der Waals surface area contributed by atoms with Gasteiger partial charge in [-0.05, 0) is 37.1 Å². The van der Waals surface area contributed by atoms with Crippen molar-refractivity contribution in [2.45, 2.75) is 26.9 Å². The van der Waals surface area contributed by atoms with Crippen LogP contribution >= 0.6 is 0 Å².